The van der Waals surface area contributed by atoms with Crippen LogP contribution >= 0.6 is 0 Å². The molecule has 0 unspecified atom stereocenters. The number of rotatable bonds is 6. The highest BCUT2D eigenvalue weighted by atomic mass is 19.1. The first kappa shape index (κ1) is 26.4. The fraction of sp³-hybridized carbons (Fsp3) is 0.310. The maximum absolute atomic E-state index is 15.6. The van der Waals surface area contributed by atoms with E-state index >= 15 is 8.78 Å². The number of halogens is 3. The predicted molar refractivity (Wildman–Crippen MR) is 138 cm³/mol. The minimum Gasteiger partial charge on any atom is -0.466 e. The van der Waals surface area contributed by atoms with Crippen LogP contribution in [0.4, 0.5) is 19.0 Å². The topological polar surface area (TPSA) is 68.5 Å². The molecule has 0 spiro atoms. The van der Waals surface area contributed by atoms with E-state index in [0.717, 1.165) is 22.8 Å². The summed E-state index contributed by atoms with van der Waals surface area (Å²) in [5, 5.41) is 0. The zero-order valence-corrected chi connectivity index (χ0v) is 21.3. The van der Waals surface area contributed by atoms with Crippen molar-refractivity contribution in [1.82, 2.24) is 9.88 Å². The van der Waals surface area contributed by atoms with E-state index in [1.807, 2.05) is 36.1 Å². The van der Waals surface area contributed by atoms with Crippen molar-refractivity contribution in [2.75, 3.05) is 19.4 Å². The number of nitrogens with two attached hydrogens (primary N) is 1. The number of nitrogens with zero attached hydrogens (tertiary/aromatic N) is 2. The van der Waals surface area contributed by atoms with Crippen LogP contribution in [-0.2, 0) is 16.0 Å². The zero-order chi connectivity index (χ0) is 26.9. The van der Waals surface area contributed by atoms with E-state index in [9.17, 15) is 9.18 Å². The van der Waals surface area contributed by atoms with Crippen LogP contribution in [0.1, 0.15) is 49.1 Å². The number of carbonyl (C=O) groups is 1. The molecule has 0 amide bonds. The zero-order valence-electron chi connectivity index (χ0n) is 21.3. The molecule has 2 atom stereocenters. The second kappa shape index (κ2) is 10.4. The van der Waals surface area contributed by atoms with Gasteiger partial charge in [0, 0.05) is 36.0 Å². The Morgan fingerprint density at radius 1 is 1.16 bits per heavy atom. The monoisotopic (exact) mass is 509 g/mol. The lowest BCUT2D eigenvalue weighted by Gasteiger charge is -2.44. The molecule has 5 nitrogen and oxygen atoms in total. The number of nitrogen functional groups attached to an aromatic ring is 1. The molecule has 4 rings (SSSR count). The number of alkyl halides is 1. The molecular weight excluding hydrogens is 479 g/mol. The van der Waals surface area contributed by atoms with Crippen LogP contribution in [0, 0.1) is 11.6 Å². The average molecular weight is 510 g/mol. The molecule has 0 saturated heterocycles. The van der Waals surface area contributed by atoms with Gasteiger partial charge in [0.15, 0.2) is 0 Å². The van der Waals surface area contributed by atoms with Crippen LogP contribution in [0.25, 0.3) is 17.2 Å². The fourth-order valence-electron chi connectivity index (χ4n) is 4.87. The minimum absolute atomic E-state index is 0.00915. The molecular formula is C29H30F3N3O2. The number of fused-ring (bicyclic) bond motifs is 1. The van der Waals surface area contributed by atoms with Gasteiger partial charge in [-0.3, -0.25) is 4.90 Å². The number of hydrogen-bond acceptors (Lipinski definition) is 5. The van der Waals surface area contributed by atoms with Crippen molar-refractivity contribution >= 4 is 17.9 Å². The minimum atomic E-state index is -1.59. The number of anilines is 1. The lowest BCUT2D eigenvalue weighted by atomic mass is 9.82. The Morgan fingerprint density at radius 2 is 1.84 bits per heavy atom. The van der Waals surface area contributed by atoms with Gasteiger partial charge in [-0.1, -0.05) is 18.2 Å². The first-order chi connectivity index (χ1) is 17.5. The molecule has 0 fully saturated rings. The van der Waals surface area contributed by atoms with E-state index in [4.69, 9.17) is 5.73 Å². The number of hydrogen-bond donors (Lipinski definition) is 1. The summed E-state index contributed by atoms with van der Waals surface area (Å²) >= 11 is 0. The van der Waals surface area contributed by atoms with Crippen LogP contribution < -0.4 is 5.73 Å². The second-order valence-corrected chi connectivity index (χ2v) is 9.99. The molecule has 2 N–H and O–H groups in total. The molecule has 3 aromatic rings. The number of carbonyl (C=O) groups excluding carboxylic acids is 1. The summed E-state index contributed by atoms with van der Waals surface area (Å²) in [5.74, 6) is -1.77. The Hall–Kier alpha value is -3.65. The van der Waals surface area contributed by atoms with Gasteiger partial charge in [-0.2, -0.15) is 0 Å². The van der Waals surface area contributed by atoms with Crippen molar-refractivity contribution in [1.29, 1.82) is 0 Å². The molecule has 2 aromatic carbocycles. The molecule has 8 heteroatoms. The summed E-state index contributed by atoms with van der Waals surface area (Å²) in [6.07, 6.45) is 4.64. The highest BCUT2D eigenvalue weighted by Gasteiger charge is 2.39. The summed E-state index contributed by atoms with van der Waals surface area (Å²) in [4.78, 5) is 17.4. The number of aromatic nitrogens is 1. The standard InChI is InChI=1S/C29H30F3N3O2/c1-17-11-21-14-19(20-7-9-25(33)34-15-20)6-8-22(21)28(35(17)16-29(2,3)32)27-23(30)12-18(13-24(27)31)5-10-26(36)37-4/h5-10,12-15,17,28H,11,16H2,1-4H3,(H2,33,34)/b10-5+/t17-,28+/m0/s1. The highest BCUT2D eigenvalue weighted by Crippen LogP contribution is 2.42. The largest absolute Gasteiger partial charge is 0.466 e. The Bertz CT molecular complexity index is 1310. The first-order valence-corrected chi connectivity index (χ1v) is 12.0. The summed E-state index contributed by atoms with van der Waals surface area (Å²) in [5.41, 5.74) is 7.56. The number of esters is 1. The summed E-state index contributed by atoms with van der Waals surface area (Å²) in [6.45, 7) is 4.83. The molecule has 37 heavy (non-hydrogen) atoms. The van der Waals surface area contributed by atoms with Crippen LogP contribution in [-0.4, -0.2) is 41.2 Å². The van der Waals surface area contributed by atoms with Crippen LogP contribution in [0.2, 0.25) is 0 Å². The highest BCUT2D eigenvalue weighted by molar-refractivity contribution is 5.86. The quantitative estimate of drug-likeness (QED) is 0.332. The van der Waals surface area contributed by atoms with Crippen LogP contribution in [0.3, 0.4) is 0 Å². The molecule has 194 valence electrons. The number of methoxy groups -OCH3 is 1. The third kappa shape index (κ3) is 5.85. The molecule has 0 aliphatic carbocycles. The molecule has 1 aliphatic rings. The summed E-state index contributed by atoms with van der Waals surface area (Å²) < 4.78 is 50.6. The number of ether oxygens (including phenoxy) is 1. The Labute approximate surface area is 214 Å². The first-order valence-electron chi connectivity index (χ1n) is 12.0. The van der Waals surface area contributed by atoms with Gasteiger partial charge in [0.1, 0.15) is 23.1 Å². The lowest BCUT2D eigenvalue weighted by molar-refractivity contribution is -0.134. The second-order valence-electron chi connectivity index (χ2n) is 9.99. The van der Waals surface area contributed by atoms with Gasteiger partial charge in [0.05, 0.1) is 13.2 Å². The van der Waals surface area contributed by atoms with Crippen molar-refractivity contribution in [2.24, 2.45) is 0 Å². The Morgan fingerprint density at radius 3 is 2.43 bits per heavy atom. The molecule has 0 saturated carbocycles. The number of pyridine rings is 1. The fourth-order valence-corrected chi connectivity index (χ4v) is 4.87. The molecule has 0 bridgehead atoms. The van der Waals surface area contributed by atoms with E-state index in [0.29, 0.717) is 17.8 Å². The third-order valence-electron chi connectivity index (χ3n) is 6.52. The lowest BCUT2D eigenvalue weighted by Crippen LogP contribution is -2.48. The van der Waals surface area contributed by atoms with Gasteiger partial charge in [-0.15, -0.1) is 0 Å². The van der Waals surface area contributed by atoms with Gasteiger partial charge in [-0.25, -0.2) is 22.9 Å². The van der Waals surface area contributed by atoms with E-state index < -0.39 is 29.3 Å². The summed E-state index contributed by atoms with van der Waals surface area (Å²) in [7, 11) is 1.22. The molecule has 0 radical (unpaired) electrons. The van der Waals surface area contributed by atoms with Gasteiger partial charge >= 0.3 is 5.97 Å². The Balaban J connectivity index is 1.83. The smallest absolute Gasteiger partial charge is 0.330 e. The van der Waals surface area contributed by atoms with E-state index in [2.05, 4.69) is 9.72 Å². The van der Waals surface area contributed by atoms with Crippen molar-refractivity contribution in [3.8, 4) is 11.1 Å². The number of benzene rings is 2. The van der Waals surface area contributed by atoms with Crippen LogP contribution in [0.15, 0.2) is 54.7 Å². The van der Waals surface area contributed by atoms with Crippen molar-refractivity contribution in [3.05, 3.63) is 88.6 Å². The van der Waals surface area contributed by atoms with Gasteiger partial charge in [0.2, 0.25) is 0 Å². The summed E-state index contributed by atoms with van der Waals surface area (Å²) in [6, 6.07) is 10.6. The van der Waals surface area contributed by atoms with Crippen LogP contribution in [0.5, 0.6) is 0 Å². The molecule has 1 aromatic heterocycles. The van der Waals surface area contributed by atoms with E-state index in [1.165, 1.54) is 39.2 Å². The van der Waals surface area contributed by atoms with Gasteiger partial charge in [-0.05, 0) is 79.8 Å². The predicted octanol–water partition coefficient (Wildman–Crippen LogP) is 5.88. The molecule has 1 aliphatic heterocycles. The van der Waals surface area contributed by atoms with Crippen molar-refractivity contribution in [3.63, 3.8) is 0 Å². The maximum atomic E-state index is 15.6. The van der Waals surface area contributed by atoms with Gasteiger partial charge < -0.3 is 10.5 Å². The SMILES string of the molecule is COC(=O)/C=C/c1cc(F)c([C@H]2c3ccc(-c4ccc(N)nc4)cc3C[C@H](C)N2CC(C)(C)F)c(F)c1. The third-order valence-corrected chi connectivity index (χ3v) is 6.52. The van der Waals surface area contributed by atoms with Gasteiger partial charge in [0.25, 0.3) is 0 Å². The van der Waals surface area contributed by atoms with E-state index in [1.54, 1.807) is 12.3 Å². The normalized spacial score (nSPS) is 18.1. The van der Waals surface area contributed by atoms with Crippen molar-refractivity contribution < 1.29 is 22.7 Å². The van der Waals surface area contributed by atoms with Crippen molar-refractivity contribution in [2.45, 2.75) is 44.9 Å². The molecule has 2 heterocycles. The Kier molecular flexibility index (Phi) is 7.41. The average Bonchev–Trinajstić information content (AvgIpc) is 2.83. The van der Waals surface area contributed by atoms with E-state index in [-0.39, 0.29) is 23.7 Å². The maximum Gasteiger partial charge on any atom is 0.330 e.